The number of ether oxygens (including phenoxy) is 1. The van der Waals surface area contributed by atoms with Crippen molar-refractivity contribution in [2.75, 3.05) is 24.7 Å². The third kappa shape index (κ3) is 2.80. The summed E-state index contributed by atoms with van der Waals surface area (Å²) in [5, 5.41) is 3.15. The molecule has 1 heterocycles. The van der Waals surface area contributed by atoms with Gasteiger partial charge in [0.15, 0.2) is 5.69 Å². The molecule has 1 aromatic rings. The van der Waals surface area contributed by atoms with Crippen LogP contribution in [0.4, 0.5) is 6.01 Å². The van der Waals surface area contributed by atoms with E-state index in [1.54, 1.807) is 6.92 Å². The van der Waals surface area contributed by atoms with E-state index in [2.05, 4.69) is 16.6 Å². The minimum atomic E-state index is -0.447. The van der Waals surface area contributed by atoms with Gasteiger partial charge in [-0.15, -0.1) is 0 Å². The van der Waals surface area contributed by atoms with Gasteiger partial charge in [-0.2, -0.15) is 16.7 Å². The number of oxazole rings is 1. The Kier molecular flexibility index (Phi) is 4.16. The lowest BCUT2D eigenvalue weighted by atomic mass is 9.84. The van der Waals surface area contributed by atoms with Gasteiger partial charge in [0.1, 0.15) is 6.26 Å². The molecule has 1 saturated carbocycles. The minimum absolute atomic E-state index is 0.214. The average molecular weight is 270 g/mol. The maximum atomic E-state index is 11.4. The molecule has 1 N–H and O–H groups in total. The smallest absolute Gasteiger partial charge is 0.360 e. The third-order valence-electron chi connectivity index (χ3n) is 3.25. The van der Waals surface area contributed by atoms with Crippen molar-refractivity contribution in [1.29, 1.82) is 0 Å². The fourth-order valence-electron chi connectivity index (χ4n) is 1.91. The first kappa shape index (κ1) is 13.3. The van der Waals surface area contributed by atoms with Crippen LogP contribution in [0.25, 0.3) is 0 Å². The van der Waals surface area contributed by atoms with Gasteiger partial charge in [-0.3, -0.25) is 0 Å². The number of thioether (sulfide) groups is 1. The highest BCUT2D eigenvalue weighted by Gasteiger charge is 2.36. The molecule has 0 unspecified atom stereocenters. The first-order valence-electron chi connectivity index (χ1n) is 6.11. The largest absolute Gasteiger partial charge is 0.461 e. The lowest BCUT2D eigenvalue weighted by molar-refractivity contribution is 0.0519. The molecule has 6 heteroatoms. The van der Waals surface area contributed by atoms with Gasteiger partial charge >= 0.3 is 5.97 Å². The quantitative estimate of drug-likeness (QED) is 0.801. The van der Waals surface area contributed by atoms with Gasteiger partial charge in [0.2, 0.25) is 0 Å². The summed E-state index contributed by atoms with van der Waals surface area (Å²) in [5.41, 5.74) is 0.214. The van der Waals surface area contributed by atoms with Crippen LogP contribution in [0.5, 0.6) is 0 Å². The topological polar surface area (TPSA) is 64.4 Å². The van der Waals surface area contributed by atoms with E-state index in [0.717, 1.165) is 6.54 Å². The molecule has 0 aliphatic heterocycles. The number of hydrogen-bond acceptors (Lipinski definition) is 6. The van der Waals surface area contributed by atoms with Crippen LogP contribution in [0.3, 0.4) is 0 Å². The van der Waals surface area contributed by atoms with E-state index in [1.165, 1.54) is 25.5 Å². The molecule has 0 atom stereocenters. The van der Waals surface area contributed by atoms with Crippen molar-refractivity contribution in [3.8, 4) is 0 Å². The summed E-state index contributed by atoms with van der Waals surface area (Å²) < 4.78 is 10.4. The summed E-state index contributed by atoms with van der Waals surface area (Å²) in [7, 11) is 0. The Morgan fingerprint density at radius 1 is 1.67 bits per heavy atom. The van der Waals surface area contributed by atoms with Crippen molar-refractivity contribution in [3.63, 3.8) is 0 Å². The monoisotopic (exact) mass is 270 g/mol. The number of carbonyl (C=O) groups excluding carboxylic acids is 1. The first-order chi connectivity index (χ1) is 8.69. The van der Waals surface area contributed by atoms with E-state index in [4.69, 9.17) is 9.15 Å². The highest BCUT2D eigenvalue weighted by Crippen LogP contribution is 2.42. The SMILES string of the molecule is CCOC(=O)c1coc(NCC2(SC)CCC2)n1. The lowest BCUT2D eigenvalue weighted by Crippen LogP contribution is -2.40. The Labute approximate surface area is 111 Å². The normalized spacial score (nSPS) is 17.0. The predicted octanol–water partition coefficient (Wildman–Crippen LogP) is 2.55. The van der Waals surface area contributed by atoms with Gasteiger partial charge in [-0.05, 0) is 26.0 Å². The molecule has 18 heavy (non-hydrogen) atoms. The Morgan fingerprint density at radius 2 is 2.44 bits per heavy atom. The molecule has 0 spiro atoms. The molecule has 5 nitrogen and oxygen atoms in total. The van der Waals surface area contributed by atoms with Gasteiger partial charge in [0, 0.05) is 11.3 Å². The third-order valence-corrected chi connectivity index (χ3v) is 4.67. The molecule has 1 fully saturated rings. The fraction of sp³-hybridized carbons (Fsp3) is 0.667. The number of nitrogens with zero attached hydrogens (tertiary/aromatic N) is 1. The summed E-state index contributed by atoms with van der Waals surface area (Å²) in [6, 6.07) is 0.387. The maximum absolute atomic E-state index is 11.4. The highest BCUT2D eigenvalue weighted by atomic mass is 32.2. The van der Waals surface area contributed by atoms with Gasteiger partial charge < -0.3 is 14.5 Å². The predicted molar refractivity (Wildman–Crippen MR) is 71.0 cm³/mol. The summed E-state index contributed by atoms with van der Waals surface area (Å²) in [6.45, 7) is 2.91. The molecule has 0 bridgehead atoms. The molecule has 0 saturated heterocycles. The van der Waals surface area contributed by atoms with Crippen molar-refractivity contribution in [2.24, 2.45) is 0 Å². The Balaban J connectivity index is 1.88. The number of aromatic nitrogens is 1. The molecule has 1 aliphatic carbocycles. The molecule has 0 radical (unpaired) electrons. The van der Waals surface area contributed by atoms with E-state index >= 15 is 0 Å². The minimum Gasteiger partial charge on any atom is -0.461 e. The van der Waals surface area contributed by atoms with Crippen molar-refractivity contribution in [1.82, 2.24) is 4.98 Å². The van der Waals surface area contributed by atoms with Crippen LogP contribution < -0.4 is 5.32 Å². The van der Waals surface area contributed by atoms with Gasteiger partial charge in [0.25, 0.3) is 6.01 Å². The molecular formula is C12H18N2O3S. The second-order valence-corrected chi connectivity index (χ2v) is 5.63. The number of esters is 1. The summed E-state index contributed by atoms with van der Waals surface area (Å²) >= 11 is 1.88. The van der Waals surface area contributed by atoms with Crippen LogP contribution in [-0.4, -0.2) is 35.1 Å². The Hall–Kier alpha value is -1.17. The van der Waals surface area contributed by atoms with E-state index in [1.807, 2.05) is 11.8 Å². The molecule has 100 valence electrons. The van der Waals surface area contributed by atoms with E-state index in [9.17, 15) is 4.79 Å². The van der Waals surface area contributed by atoms with Gasteiger partial charge in [0.05, 0.1) is 6.61 Å². The first-order valence-corrected chi connectivity index (χ1v) is 7.33. The number of rotatable bonds is 6. The van der Waals surface area contributed by atoms with Crippen LogP contribution in [0.1, 0.15) is 36.7 Å². The van der Waals surface area contributed by atoms with Crippen LogP contribution in [0.15, 0.2) is 10.7 Å². The number of nitrogens with one attached hydrogen (secondary N) is 1. The number of anilines is 1. The van der Waals surface area contributed by atoms with E-state index in [0.29, 0.717) is 17.4 Å². The van der Waals surface area contributed by atoms with E-state index < -0.39 is 5.97 Å². The molecule has 0 amide bonds. The van der Waals surface area contributed by atoms with Crippen molar-refractivity contribution < 1.29 is 13.9 Å². The van der Waals surface area contributed by atoms with Gasteiger partial charge in [-0.25, -0.2) is 4.79 Å². The summed E-state index contributed by atoms with van der Waals surface area (Å²) in [4.78, 5) is 15.5. The van der Waals surface area contributed by atoms with Crippen LogP contribution in [0.2, 0.25) is 0 Å². The second kappa shape index (κ2) is 5.65. The summed E-state index contributed by atoms with van der Waals surface area (Å²) in [6.07, 6.45) is 7.16. The molecule has 0 aromatic carbocycles. The molecular weight excluding hydrogens is 252 g/mol. The standard InChI is InChI=1S/C12H18N2O3S/c1-3-16-10(15)9-7-17-11(14-9)13-8-12(18-2)5-4-6-12/h7H,3-6,8H2,1-2H3,(H,13,14). The lowest BCUT2D eigenvalue weighted by Gasteiger charge is -2.40. The van der Waals surface area contributed by atoms with Crippen molar-refractivity contribution in [3.05, 3.63) is 12.0 Å². The zero-order valence-corrected chi connectivity index (χ0v) is 11.5. The number of hydrogen-bond donors (Lipinski definition) is 1. The number of carbonyl (C=O) groups is 1. The molecule has 1 aromatic heterocycles. The highest BCUT2D eigenvalue weighted by molar-refractivity contribution is 8.00. The Morgan fingerprint density at radius 3 is 3.00 bits per heavy atom. The van der Waals surface area contributed by atoms with Crippen molar-refractivity contribution >= 4 is 23.7 Å². The van der Waals surface area contributed by atoms with Crippen LogP contribution in [0, 0.1) is 0 Å². The maximum Gasteiger partial charge on any atom is 0.360 e. The van der Waals surface area contributed by atoms with Crippen molar-refractivity contribution in [2.45, 2.75) is 30.9 Å². The van der Waals surface area contributed by atoms with E-state index in [-0.39, 0.29) is 5.69 Å². The zero-order chi connectivity index (χ0) is 13.0. The molecule has 2 rings (SSSR count). The second-order valence-electron chi connectivity index (χ2n) is 4.35. The van der Waals surface area contributed by atoms with Crippen LogP contribution >= 0.6 is 11.8 Å². The fourth-order valence-corrected chi connectivity index (χ4v) is 2.83. The molecule has 1 aliphatic rings. The van der Waals surface area contributed by atoms with Gasteiger partial charge in [-0.1, -0.05) is 6.42 Å². The zero-order valence-electron chi connectivity index (χ0n) is 10.7. The summed E-state index contributed by atoms with van der Waals surface area (Å²) in [5.74, 6) is -0.447. The average Bonchev–Trinajstić information content (AvgIpc) is 2.77. The van der Waals surface area contributed by atoms with Crippen LogP contribution in [-0.2, 0) is 4.74 Å². The Bertz CT molecular complexity index is 410.